The van der Waals surface area contributed by atoms with Crippen LogP contribution in [0.25, 0.3) is 21.6 Å². The molecule has 0 aliphatic heterocycles. The van der Waals surface area contributed by atoms with E-state index in [-0.39, 0.29) is 58.5 Å². The second-order valence-corrected chi connectivity index (χ2v) is 12.4. The predicted octanol–water partition coefficient (Wildman–Crippen LogP) is 5.93. The van der Waals surface area contributed by atoms with Crippen LogP contribution in [-0.2, 0) is 20.8 Å². The topological polar surface area (TPSA) is 205 Å². The zero-order valence-electron chi connectivity index (χ0n) is 30.9. The third-order valence-corrected chi connectivity index (χ3v) is 8.65. The van der Waals surface area contributed by atoms with E-state index in [1.54, 1.807) is 6.07 Å². The summed E-state index contributed by atoms with van der Waals surface area (Å²) in [5.41, 5.74) is 14.9. The molecule has 0 saturated heterocycles. The van der Waals surface area contributed by atoms with Gasteiger partial charge in [-0.3, -0.25) is 0 Å². The van der Waals surface area contributed by atoms with Crippen LogP contribution in [0, 0.1) is 6.92 Å². The lowest BCUT2D eigenvalue weighted by atomic mass is 9.98. The van der Waals surface area contributed by atoms with Gasteiger partial charge in [-0.15, -0.1) is 0 Å². The van der Waals surface area contributed by atoms with Crippen molar-refractivity contribution in [2.75, 3.05) is 53.1 Å². The summed E-state index contributed by atoms with van der Waals surface area (Å²) in [5, 5.41) is 14.4. The molecule has 3 aromatic rings. The third-order valence-electron chi connectivity index (χ3n) is 8.65. The van der Waals surface area contributed by atoms with E-state index in [1.807, 2.05) is 67.6 Å². The molecule has 0 spiro atoms. The summed E-state index contributed by atoms with van der Waals surface area (Å²) in [5.74, 6) is 0.321. The molecule has 55 heavy (non-hydrogen) atoms. The first-order valence-electron chi connectivity index (χ1n) is 17.5. The van der Waals surface area contributed by atoms with Gasteiger partial charge in [-0.05, 0) is 46.3 Å². The molecule has 3 aromatic carbocycles. The minimum absolute atomic E-state index is 0.0269. The highest BCUT2D eigenvalue weighted by molar-refractivity contribution is 5.79. The Hall–Kier alpha value is -6.67. The van der Waals surface area contributed by atoms with Gasteiger partial charge in [0.15, 0.2) is 0 Å². The molecule has 0 fully saturated rings. The quantitative estimate of drug-likeness (QED) is 0.0379. The van der Waals surface area contributed by atoms with Crippen LogP contribution in [0.3, 0.4) is 0 Å². The van der Waals surface area contributed by atoms with Gasteiger partial charge in [0, 0.05) is 42.6 Å². The van der Waals surface area contributed by atoms with E-state index in [0.29, 0.717) is 11.3 Å². The number of urea groups is 1. The first kappa shape index (κ1) is 41.1. The second kappa shape index (κ2) is 21.1. The number of methoxy groups -OCH3 is 1. The van der Waals surface area contributed by atoms with Crippen molar-refractivity contribution in [1.82, 2.24) is 26.2 Å². The fourth-order valence-electron chi connectivity index (χ4n) is 6.01. The highest BCUT2D eigenvalue weighted by Gasteiger charge is 2.30. The summed E-state index contributed by atoms with van der Waals surface area (Å²) in [7, 11) is 1.50. The minimum atomic E-state index is -0.880. The highest BCUT2D eigenvalue weighted by atomic mass is 16.6. The summed E-state index contributed by atoms with van der Waals surface area (Å²) in [6, 6.07) is 18.9. The predicted molar refractivity (Wildman–Crippen MR) is 206 cm³/mol. The maximum atomic E-state index is 14.1. The molecular weight excluding hydrogens is 708 g/mol. The Morgan fingerprint density at radius 3 is 2.05 bits per heavy atom. The number of aryl methyl sites for hydroxylation is 1. The van der Waals surface area contributed by atoms with Gasteiger partial charge in [0.1, 0.15) is 25.6 Å². The van der Waals surface area contributed by atoms with E-state index in [9.17, 15) is 19.2 Å². The maximum Gasteiger partial charge on any atom is 0.407 e. The fraction of sp³-hybridized carbons (Fsp3) is 0.333. The second-order valence-electron chi connectivity index (χ2n) is 12.4. The molecule has 0 saturated carbocycles. The molecule has 4 N–H and O–H groups in total. The number of alkyl carbamates (subject to hydrolysis) is 3. The first-order valence-corrected chi connectivity index (χ1v) is 17.5. The molecule has 5 amide bonds. The zero-order chi connectivity index (χ0) is 39.6. The Morgan fingerprint density at radius 2 is 1.45 bits per heavy atom. The van der Waals surface area contributed by atoms with E-state index >= 15 is 0 Å². The van der Waals surface area contributed by atoms with Crippen LogP contribution in [0.4, 0.5) is 19.2 Å². The van der Waals surface area contributed by atoms with Crippen LogP contribution in [0.5, 0.6) is 5.75 Å². The average Bonchev–Trinajstić information content (AvgIpc) is 3.52. The number of fused-ring (bicyclic) bond motifs is 3. The van der Waals surface area contributed by atoms with Crippen molar-refractivity contribution >= 4 is 24.3 Å². The highest BCUT2D eigenvalue weighted by Crippen LogP contribution is 2.44. The number of nitrogens with zero attached hydrogens (tertiary/aromatic N) is 4. The van der Waals surface area contributed by atoms with Crippen LogP contribution >= 0.6 is 0 Å². The van der Waals surface area contributed by atoms with Crippen LogP contribution in [0.15, 0.2) is 97.2 Å². The number of hydrogen-bond donors (Lipinski definition) is 4. The van der Waals surface area contributed by atoms with Crippen molar-refractivity contribution in [2.45, 2.75) is 31.5 Å². The van der Waals surface area contributed by atoms with Crippen LogP contribution < -0.4 is 26.0 Å². The molecule has 16 nitrogen and oxygen atoms in total. The van der Waals surface area contributed by atoms with Gasteiger partial charge < -0.3 is 45.1 Å². The number of hydrogen-bond acceptors (Lipinski definition) is 9. The van der Waals surface area contributed by atoms with Crippen molar-refractivity contribution in [3.05, 3.63) is 125 Å². The van der Waals surface area contributed by atoms with E-state index in [1.165, 1.54) is 24.2 Å². The number of nitrogens with one attached hydrogen (secondary N) is 4. The summed E-state index contributed by atoms with van der Waals surface area (Å²) in [4.78, 5) is 56.2. The lowest BCUT2D eigenvalue weighted by Gasteiger charge is -2.32. The smallest absolute Gasteiger partial charge is 0.407 e. The number of ether oxygens (including phenoxy) is 4. The molecule has 0 radical (unpaired) electrons. The summed E-state index contributed by atoms with van der Waals surface area (Å²) < 4.78 is 21.3. The number of benzene rings is 3. The molecule has 16 heteroatoms. The van der Waals surface area contributed by atoms with E-state index in [2.05, 4.69) is 44.5 Å². The minimum Gasteiger partial charge on any atom is -0.496 e. The van der Waals surface area contributed by atoms with E-state index in [0.717, 1.165) is 27.8 Å². The van der Waals surface area contributed by atoms with Gasteiger partial charge >= 0.3 is 24.3 Å². The Morgan fingerprint density at radius 1 is 0.855 bits per heavy atom. The van der Waals surface area contributed by atoms with Gasteiger partial charge in [-0.1, -0.05) is 91.1 Å². The van der Waals surface area contributed by atoms with Crippen LogP contribution in [-0.4, -0.2) is 94.4 Å². The van der Waals surface area contributed by atoms with Gasteiger partial charge in [-0.25, -0.2) is 19.2 Å². The van der Waals surface area contributed by atoms with Crippen LogP contribution in [0.1, 0.15) is 28.2 Å². The molecule has 4 rings (SSSR count). The van der Waals surface area contributed by atoms with Gasteiger partial charge in [0.2, 0.25) is 0 Å². The number of amides is 5. The third kappa shape index (κ3) is 11.9. The molecule has 1 aliphatic rings. The molecule has 0 bridgehead atoms. The largest absolute Gasteiger partial charge is 0.496 e. The summed E-state index contributed by atoms with van der Waals surface area (Å²) >= 11 is 0. The normalized spacial score (nSPS) is 12.3. The van der Waals surface area contributed by atoms with Gasteiger partial charge in [0.05, 0.1) is 25.7 Å². The zero-order valence-corrected chi connectivity index (χ0v) is 30.9. The van der Waals surface area contributed by atoms with Gasteiger partial charge in [-0.2, -0.15) is 0 Å². The molecule has 290 valence electrons. The maximum absolute atomic E-state index is 14.1. The molecule has 0 heterocycles. The average molecular weight is 755 g/mol. The molecule has 1 aliphatic carbocycles. The van der Waals surface area contributed by atoms with Crippen molar-refractivity contribution in [3.63, 3.8) is 0 Å². The SMILES string of the molecule is C=CCOC(=O)NC[C@@H](CNC(=O)N(Cc1ccc(C)cc1OC)[C@H](CN=[N+]=[N-])CNC(=O)OCC=C)NC(=O)OCC1c2ccccc2-c2ccccc21. The first-order chi connectivity index (χ1) is 26.7. The summed E-state index contributed by atoms with van der Waals surface area (Å²) in [6.07, 6.45) is 0.516. The number of carbonyl (C=O) groups is 4. The van der Waals surface area contributed by atoms with Crippen molar-refractivity contribution in [3.8, 4) is 16.9 Å². The lowest BCUT2D eigenvalue weighted by molar-refractivity contribution is 0.135. The number of carbonyl (C=O) groups excluding carboxylic acids is 4. The van der Waals surface area contributed by atoms with Crippen LogP contribution in [0.2, 0.25) is 0 Å². The molecule has 2 atom stereocenters. The summed E-state index contributed by atoms with van der Waals surface area (Å²) in [6.45, 7) is 8.20. The Kier molecular flexibility index (Phi) is 15.8. The van der Waals surface area contributed by atoms with E-state index in [4.69, 9.17) is 24.5 Å². The molecule has 0 unspecified atom stereocenters. The lowest BCUT2D eigenvalue weighted by Crippen LogP contribution is -2.55. The van der Waals surface area contributed by atoms with Crippen molar-refractivity contribution in [2.24, 2.45) is 5.11 Å². The van der Waals surface area contributed by atoms with Crippen molar-refractivity contribution in [1.29, 1.82) is 0 Å². The van der Waals surface area contributed by atoms with Crippen molar-refractivity contribution < 1.29 is 38.1 Å². The Bertz CT molecular complexity index is 1840. The van der Waals surface area contributed by atoms with E-state index < -0.39 is 36.4 Å². The fourth-order valence-corrected chi connectivity index (χ4v) is 6.01. The monoisotopic (exact) mass is 754 g/mol. The molecular formula is C39H46N8O8. The number of rotatable bonds is 19. The van der Waals surface area contributed by atoms with Gasteiger partial charge in [0.25, 0.3) is 0 Å². The number of azide groups is 1. The standard InChI is InChI=1S/C39H46N8O8/c1-5-17-53-37(49)42-21-28(45-39(51)55-25-34-32-13-9-7-11-30(32)31-12-8-10-14-33(31)34)20-41-36(48)47(24-27-16-15-26(3)19-35(27)52-4)29(23-44-46-40)22-43-38(50)54-18-6-2/h5-16,19,28-29,34H,1-2,17-18,20-25H2,3-4H3,(H,41,48)(H,42,49)(H,43,50)(H,45,51)/t28-,29+/m1/s1. The Balaban J connectivity index is 1.52. The molecule has 0 aromatic heterocycles. The Labute approximate surface area is 319 Å².